The van der Waals surface area contributed by atoms with Crippen molar-refractivity contribution in [3.8, 4) is 5.75 Å². The summed E-state index contributed by atoms with van der Waals surface area (Å²) in [5.41, 5.74) is 2.04. The Hall–Kier alpha value is -3.15. The number of likely N-dealkylation sites (N-methyl/N-ethyl adjacent to an activating group) is 1. The van der Waals surface area contributed by atoms with Gasteiger partial charge in [-0.3, -0.25) is 14.4 Å². The molecule has 27 heavy (non-hydrogen) atoms. The van der Waals surface area contributed by atoms with Crippen molar-refractivity contribution in [3.05, 3.63) is 59.7 Å². The van der Waals surface area contributed by atoms with Gasteiger partial charge in [-0.25, -0.2) is 0 Å². The van der Waals surface area contributed by atoms with Gasteiger partial charge in [-0.15, -0.1) is 0 Å². The van der Waals surface area contributed by atoms with Crippen LogP contribution in [0.3, 0.4) is 0 Å². The quantitative estimate of drug-likeness (QED) is 0.798. The molecule has 0 aromatic heterocycles. The third kappa shape index (κ3) is 4.34. The minimum absolute atomic E-state index is 0.105. The number of rotatable bonds is 6. The van der Waals surface area contributed by atoms with Crippen LogP contribution in [0.25, 0.3) is 0 Å². The van der Waals surface area contributed by atoms with Crippen molar-refractivity contribution in [3.63, 3.8) is 0 Å². The molecule has 6 nitrogen and oxygen atoms in total. The Morgan fingerprint density at radius 2 is 1.85 bits per heavy atom. The molecule has 1 heterocycles. The Labute approximate surface area is 158 Å². The maximum Gasteiger partial charge on any atom is 0.267 e. The molecular weight excluding hydrogens is 344 g/mol. The Morgan fingerprint density at radius 3 is 2.59 bits per heavy atom. The summed E-state index contributed by atoms with van der Waals surface area (Å²) in [6, 6.07) is 14.6. The summed E-state index contributed by atoms with van der Waals surface area (Å²) in [5, 5.41) is 2.81. The SMILES string of the molecule is CC1Oc2ccc(C(=O)CCC(=O)NCc3ccccc3)cc2N(C)C1=O. The molecule has 0 saturated carbocycles. The Morgan fingerprint density at radius 1 is 1.11 bits per heavy atom. The zero-order valence-corrected chi connectivity index (χ0v) is 15.4. The number of benzene rings is 2. The molecule has 1 N–H and O–H groups in total. The van der Waals surface area contributed by atoms with Crippen LogP contribution in [0.15, 0.2) is 48.5 Å². The van der Waals surface area contributed by atoms with Crippen molar-refractivity contribution in [2.24, 2.45) is 0 Å². The molecule has 6 heteroatoms. The van der Waals surface area contributed by atoms with E-state index in [0.717, 1.165) is 5.56 Å². The molecule has 1 atom stereocenters. The van der Waals surface area contributed by atoms with E-state index in [0.29, 0.717) is 23.5 Å². The van der Waals surface area contributed by atoms with Gasteiger partial charge in [0.05, 0.1) is 5.69 Å². The Balaban J connectivity index is 1.57. The van der Waals surface area contributed by atoms with Crippen LogP contribution >= 0.6 is 0 Å². The number of carbonyl (C=O) groups is 3. The summed E-state index contributed by atoms with van der Waals surface area (Å²) in [6.45, 7) is 2.13. The first-order valence-corrected chi connectivity index (χ1v) is 8.88. The van der Waals surface area contributed by atoms with Gasteiger partial charge in [0, 0.05) is 32.0 Å². The number of ether oxygens (including phenoxy) is 1. The average molecular weight is 366 g/mol. The van der Waals surface area contributed by atoms with Gasteiger partial charge in [-0.2, -0.15) is 0 Å². The number of nitrogens with zero attached hydrogens (tertiary/aromatic N) is 1. The van der Waals surface area contributed by atoms with Crippen LogP contribution in [-0.2, 0) is 16.1 Å². The van der Waals surface area contributed by atoms with Crippen LogP contribution in [0.1, 0.15) is 35.7 Å². The molecule has 2 aromatic rings. The standard InChI is InChI=1S/C21H22N2O4/c1-14-21(26)23(2)17-12-16(8-10-19(17)27-14)18(24)9-11-20(25)22-13-15-6-4-3-5-7-15/h3-8,10,12,14H,9,11,13H2,1-2H3,(H,22,25). The lowest BCUT2D eigenvalue weighted by Crippen LogP contribution is -2.42. The molecule has 0 fully saturated rings. The van der Waals surface area contributed by atoms with Crippen LogP contribution < -0.4 is 15.0 Å². The molecule has 0 bridgehead atoms. The second-order valence-electron chi connectivity index (χ2n) is 6.53. The van der Waals surface area contributed by atoms with E-state index in [1.165, 1.54) is 4.90 Å². The van der Waals surface area contributed by atoms with Gasteiger partial charge in [0.25, 0.3) is 5.91 Å². The first-order valence-electron chi connectivity index (χ1n) is 8.88. The molecule has 2 aromatic carbocycles. The number of ketones is 1. The molecule has 1 aliphatic rings. The molecule has 2 amide bonds. The van der Waals surface area contributed by atoms with E-state index in [1.807, 2.05) is 30.3 Å². The van der Waals surface area contributed by atoms with Crippen LogP contribution in [0, 0.1) is 0 Å². The van der Waals surface area contributed by atoms with E-state index in [1.54, 1.807) is 32.2 Å². The number of hydrogen-bond acceptors (Lipinski definition) is 4. The highest BCUT2D eigenvalue weighted by Gasteiger charge is 2.29. The number of carbonyl (C=O) groups excluding carboxylic acids is 3. The first-order chi connectivity index (χ1) is 13.0. The van der Waals surface area contributed by atoms with Crippen LogP contribution in [0.2, 0.25) is 0 Å². The predicted octanol–water partition coefficient (Wildman–Crippen LogP) is 2.71. The number of fused-ring (bicyclic) bond motifs is 1. The number of Topliss-reactive ketones (excluding diaryl/α,β-unsaturated/α-hetero) is 1. The predicted molar refractivity (Wildman–Crippen MR) is 102 cm³/mol. The van der Waals surface area contributed by atoms with E-state index in [2.05, 4.69) is 5.32 Å². The van der Waals surface area contributed by atoms with E-state index in [-0.39, 0.29) is 30.4 Å². The number of nitrogens with one attached hydrogen (secondary N) is 1. The number of hydrogen-bond donors (Lipinski definition) is 1. The molecular formula is C21H22N2O4. The zero-order valence-electron chi connectivity index (χ0n) is 15.4. The van der Waals surface area contributed by atoms with Gasteiger partial charge >= 0.3 is 0 Å². The van der Waals surface area contributed by atoms with Crippen LogP contribution in [0.4, 0.5) is 5.69 Å². The summed E-state index contributed by atoms with van der Waals surface area (Å²) in [6.07, 6.45) is -0.322. The lowest BCUT2D eigenvalue weighted by atomic mass is 10.0. The average Bonchev–Trinajstić information content (AvgIpc) is 2.69. The van der Waals surface area contributed by atoms with Gasteiger partial charge < -0.3 is 15.0 Å². The van der Waals surface area contributed by atoms with E-state index < -0.39 is 6.10 Å². The topological polar surface area (TPSA) is 75.7 Å². The van der Waals surface area contributed by atoms with E-state index in [9.17, 15) is 14.4 Å². The fourth-order valence-electron chi connectivity index (χ4n) is 2.94. The van der Waals surface area contributed by atoms with Crippen molar-refractivity contribution in [2.75, 3.05) is 11.9 Å². The number of amides is 2. The summed E-state index contributed by atoms with van der Waals surface area (Å²) in [5.74, 6) is 0.0934. The number of anilines is 1. The van der Waals surface area contributed by atoms with Gasteiger partial charge in [0.1, 0.15) is 5.75 Å². The maximum atomic E-state index is 12.4. The van der Waals surface area contributed by atoms with Gasteiger partial charge in [0.2, 0.25) is 5.91 Å². The third-order valence-corrected chi connectivity index (χ3v) is 4.54. The van der Waals surface area contributed by atoms with Crippen molar-refractivity contribution >= 4 is 23.3 Å². The van der Waals surface area contributed by atoms with Crippen molar-refractivity contribution in [2.45, 2.75) is 32.4 Å². The summed E-state index contributed by atoms with van der Waals surface area (Å²) < 4.78 is 5.55. The molecule has 0 aliphatic carbocycles. The molecule has 0 spiro atoms. The molecule has 1 unspecified atom stereocenters. The van der Waals surface area contributed by atoms with E-state index in [4.69, 9.17) is 4.74 Å². The van der Waals surface area contributed by atoms with Crippen LogP contribution in [0.5, 0.6) is 5.75 Å². The maximum absolute atomic E-state index is 12.4. The van der Waals surface area contributed by atoms with Crippen molar-refractivity contribution in [1.82, 2.24) is 5.32 Å². The van der Waals surface area contributed by atoms with Gasteiger partial charge in [-0.1, -0.05) is 30.3 Å². The highest BCUT2D eigenvalue weighted by molar-refractivity contribution is 6.03. The van der Waals surface area contributed by atoms with Crippen LogP contribution in [-0.4, -0.2) is 30.7 Å². The smallest absolute Gasteiger partial charge is 0.267 e. The largest absolute Gasteiger partial charge is 0.479 e. The molecule has 0 saturated heterocycles. The summed E-state index contributed by atoms with van der Waals surface area (Å²) in [7, 11) is 1.66. The molecule has 1 aliphatic heterocycles. The zero-order chi connectivity index (χ0) is 19.4. The third-order valence-electron chi connectivity index (χ3n) is 4.54. The van der Waals surface area contributed by atoms with Crippen molar-refractivity contribution in [1.29, 1.82) is 0 Å². The molecule has 140 valence electrons. The monoisotopic (exact) mass is 366 g/mol. The first kappa shape index (κ1) is 18.6. The van der Waals surface area contributed by atoms with E-state index >= 15 is 0 Å². The highest BCUT2D eigenvalue weighted by atomic mass is 16.5. The van der Waals surface area contributed by atoms with Crippen molar-refractivity contribution < 1.29 is 19.1 Å². The fourth-order valence-corrected chi connectivity index (χ4v) is 2.94. The minimum Gasteiger partial charge on any atom is -0.479 e. The fraction of sp³-hybridized carbons (Fsp3) is 0.286. The molecule has 3 rings (SSSR count). The second kappa shape index (κ2) is 8.03. The summed E-state index contributed by atoms with van der Waals surface area (Å²) in [4.78, 5) is 37.9. The molecule has 0 radical (unpaired) electrons. The lowest BCUT2D eigenvalue weighted by Gasteiger charge is -2.30. The Kier molecular flexibility index (Phi) is 5.54. The minimum atomic E-state index is -0.544. The van der Waals surface area contributed by atoms with Gasteiger partial charge in [0.15, 0.2) is 11.9 Å². The van der Waals surface area contributed by atoms with Gasteiger partial charge in [-0.05, 0) is 30.7 Å². The lowest BCUT2D eigenvalue weighted by molar-refractivity contribution is -0.125. The summed E-state index contributed by atoms with van der Waals surface area (Å²) >= 11 is 0. The normalized spacial score (nSPS) is 15.7. The second-order valence-corrected chi connectivity index (χ2v) is 6.53. The highest BCUT2D eigenvalue weighted by Crippen LogP contribution is 2.34. The Bertz CT molecular complexity index is 864.